The Morgan fingerprint density at radius 3 is 2.40 bits per heavy atom. The van der Waals surface area contributed by atoms with Gasteiger partial charge in [0, 0.05) is 19.0 Å². The first kappa shape index (κ1) is 29.3. The average Bonchev–Trinajstić information content (AvgIpc) is 2.97. The van der Waals surface area contributed by atoms with Crippen molar-refractivity contribution in [2.24, 2.45) is 11.8 Å². The summed E-state index contributed by atoms with van der Waals surface area (Å²) in [5.41, 5.74) is 3.26. The van der Waals surface area contributed by atoms with Gasteiger partial charge in [0.25, 0.3) is 0 Å². The molecule has 1 fully saturated rings. The fraction of sp³-hybridized carbons (Fsp3) is 0.412. The van der Waals surface area contributed by atoms with Crippen molar-refractivity contribution in [2.45, 2.75) is 51.6 Å². The van der Waals surface area contributed by atoms with E-state index in [0.29, 0.717) is 18.1 Å². The molecule has 40 heavy (non-hydrogen) atoms. The van der Waals surface area contributed by atoms with Gasteiger partial charge in [0.1, 0.15) is 12.4 Å². The second-order valence-corrected chi connectivity index (χ2v) is 11.3. The van der Waals surface area contributed by atoms with Crippen LogP contribution in [0.25, 0.3) is 0 Å². The lowest BCUT2D eigenvalue weighted by atomic mass is 9.68. The molecular weight excluding hydrogens is 500 g/mol. The number of hydrogen-bond donors (Lipinski definition) is 2. The number of carbonyl (C=O) groups is 2. The third-order valence-electron chi connectivity index (χ3n) is 8.43. The number of benzene rings is 3. The van der Waals surface area contributed by atoms with Gasteiger partial charge in [0.05, 0.1) is 6.42 Å². The van der Waals surface area contributed by atoms with Crippen LogP contribution in [-0.2, 0) is 32.8 Å². The topological polar surface area (TPSA) is 78.9 Å². The maximum absolute atomic E-state index is 13.3. The van der Waals surface area contributed by atoms with Crippen molar-refractivity contribution >= 4 is 11.9 Å². The summed E-state index contributed by atoms with van der Waals surface area (Å²) in [5.74, 6) is 0.201. The van der Waals surface area contributed by atoms with Crippen molar-refractivity contribution in [1.29, 1.82) is 0 Å². The van der Waals surface area contributed by atoms with E-state index in [-0.39, 0.29) is 42.8 Å². The van der Waals surface area contributed by atoms with Gasteiger partial charge < -0.3 is 20.1 Å². The molecule has 4 rings (SSSR count). The predicted molar refractivity (Wildman–Crippen MR) is 158 cm³/mol. The zero-order chi connectivity index (χ0) is 28.4. The summed E-state index contributed by atoms with van der Waals surface area (Å²) in [7, 11) is 0. The zero-order valence-corrected chi connectivity index (χ0v) is 23.7. The highest BCUT2D eigenvalue weighted by molar-refractivity contribution is 5.79. The Labute approximate surface area is 238 Å². The first-order chi connectivity index (χ1) is 19.3. The molecule has 0 radical (unpaired) electrons. The van der Waals surface area contributed by atoms with Gasteiger partial charge in [-0.3, -0.25) is 9.59 Å². The van der Waals surface area contributed by atoms with Gasteiger partial charge in [-0.2, -0.15) is 0 Å². The molecule has 212 valence electrons. The molecule has 3 aromatic carbocycles. The van der Waals surface area contributed by atoms with Crippen LogP contribution < -0.4 is 5.32 Å². The fourth-order valence-corrected chi connectivity index (χ4v) is 5.62. The maximum atomic E-state index is 13.3. The summed E-state index contributed by atoms with van der Waals surface area (Å²) in [6.07, 6.45) is 2.55. The normalized spacial score (nSPS) is 20.0. The van der Waals surface area contributed by atoms with Crippen LogP contribution in [0.5, 0.6) is 5.75 Å². The summed E-state index contributed by atoms with van der Waals surface area (Å²) < 4.78 is 5.35. The third kappa shape index (κ3) is 8.18. The third-order valence-corrected chi connectivity index (χ3v) is 8.43. The highest BCUT2D eigenvalue weighted by atomic mass is 16.5. The molecule has 0 bridgehead atoms. The molecule has 0 saturated carbocycles. The fourth-order valence-electron chi connectivity index (χ4n) is 5.62. The van der Waals surface area contributed by atoms with E-state index >= 15 is 0 Å². The number of rotatable bonds is 12. The molecule has 1 aliphatic heterocycles. The van der Waals surface area contributed by atoms with Crippen LogP contribution in [0.4, 0.5) is 0 Å². The van der Waals surface area contributed by atoms with Crippen molar-refractivity contribution in [3.05, 3.63) is 102 Å². The number of nitrogens with one attached hydrogen (secondary N) is 1. The number of hydrogen-bond acceptors (Lipinski definition) is 5. The van der Waals surface area contributed by atoms with Crippen molar-refractivity contribution in [2.75, 3.05) is 26.2 Å². The van der Waals surface area contributed by atoms with Crippen molar-refractivity contribution in [3.63, 3.8) is 0 Å². The summed E-state index contributed by atoms with van der Waals surface area (Å²) in [6.45, 7) is 7.80. The standard InChI is InChI=1S/C34H42N2O4/c1-26-24-36(21-18-34(26,2)30-14-9-15-31(37)23-30)20-17-29(22-27-10-5-3-6-11-27)33(39)35-19-16-32(38)40-25-28-12-7-4-8-13-28/h3-15,23,26,29,37H,16-22,24-25H2,1-2H3,(H,35,39). The SMILES string of the molecule is CC1CN(CCC(Cc2ccccc2)C(=O)NCCC(=O)OCc2ccccc2)CCC1(C)c1cccc(O)c1. The Kier molecular flexibility index (Phi) is 10.4. The molecule has 1 aliphatic rings. The maximum Gasteiger partial charge on any atom is 0.307 e. The number of piperidine rings is 1. The average molecular weight is 543 g/mol. The summed E-state index contributed by atoms with van der Waals surface area (Å²) in [6, 6.07) is 27.3. The molecule has 0 aliphatic carbocycles. The molecule has 3 aromatic rings. The van der Waals surface area contributed by atoms with Crippen molar-refractivity contribution < 1.29 is 19.4 Å². The Morgan fingerprint density at radius 1 is 1.02 bits per heavy atom. The van der Waals surface area contributed by atoms with E-state index in [1.54, 1.807) is 6.07 Å². The van der Waals surface area contributed by atoms with Gasteiger partial charge >= 0.3 is 5.97 Å². The van der Waals surface area contributed by atoms with Crippen LogP contribution in [0, 0.1) is 11.8 Å². The Hall–Kier alpha value is -3.64. The first-order valence-corrected chi connectivity index (χ1v) is 14.4. The predicted octanol–water partition coefficient (Wildman–Crippen LogP) is 5.49. The van der Waals surface area contributed by atoms with E-state index in [1.807, 2.05) is 60.7 Å². The van der Waals surface area contributed by atoms with Gasteiger partial charge in [-0.25, -0.2) is 0 Å². The molecule has 6 nitrogen and oxygen atoms in total. The molecule has 0 aromatic heterocycles. The number of phenolic OH excluding ortho intramolecular Hbond substituents is 1. The molecule has 6 heteroatoms. The van der Waals surface area contributed by atoms with Gasteiger partial charge in [-0.15, -0.1) is 0 Å². The molecular formula is C34H42N2O4. The van der Waals surface area contributed by atoms with E-state index in [4.69, 9.17) is 4.74 Å². The Morgan fingerprint density at radius 2 is 1.73 bits per heavy atom. The van der Waals surface area contributed by atoms with Crippen LogP contribution in [0.15, 0.2) is 84.9 Å². The molecule has 1 amide bonds. The monoisotopic (exact) mass is 542 g/mol. The largest absolute Gasteiger partial charge is 0.508 e. The van der Waals surface area contributed by atoms with Gasteiger partial charge in [0.2, 0.25) is 5.91 Å². The summed E-state index contributed by atoms with van der Waals surface area (Å²) in [4.78, 5) is 27.9. The Bertz CT molecular complexity index is 1230. The van der Waals surface area contributed by atoms with Crippen molar-refractivity contribution in [1.82, 2.24) is 10.2 Å². The number of carbonyl (C=O) groups excluding carboxylic acids is 2. The van der Waals surface area contributed by atoms with Crippen molar-refractivity contribution in [3.8, 4) is 5.75 Å². The molecule has 1 saturated heterocycles. The lowest BCUT2D eigenvalue weighted by Crippen LogP contribution is -2.48. The number of likely N-dealkylation sites (tertiary alicyclic amines) is 1. The number of ether oxygens (including phenoxy) is 1. The second kappa shape index (κ2) is 14.1. The number of esters is 1. The summed E-state index contributed by atoms with van der Waals surface area (Å²) in [5, 5.41) is 13.0. The molecule has 1 heterocycles. The minimum Gasteiger partial charge on any atom is -0.508 e. The van der Waals surface area contributed by atoms with Crippen LogP contribution in [0.3, 0.4) is 0 Å². The Balaban J connectivity index is 1.29. The van der Waals surface area contributed by atoms with E-state index in [9.17, 15) is 14.7 Å². The summed E-state index contributed by atoms with van der Waals surface area (Å²) >= 11 is 0. The lowest BCUT2D eigenvalue weighted by molar-refractivity contribution is -0.144. The van der Waals surface area contributed by atoms with Gasteiger partial charge in [0.15, 0.2) is 0 Å². The number of aromatic hydroxyl groups is 1. The highest BCUT2D eigenvalue weighted by Gasteiger charge is 2.38. The van der Waals surface area contributed by atoms with Crippen LogP contribution in [0.1, 0.15) is 49.8 Å². The first-order valence-electron chi connectivity index (χ1n) is 14.4. The van der Waals surface area contributed by atoms with E-state index in [1.165, 1.54) is 5.56 Å². The lowest BCUT2D eigenvalue weighted by Gasteiger charge is -2.45. The molecule has 3 atom stereocenters. The van der Waals surface area contributed by atoms with E-state index in [0.717, 1.165) is 43.6 Å². The molecule has 3 unspecified atom stereocenters. The van der Waals surface area contributed by atoms with E-state index < -0.39 is 0 Å². The van der Waals surface area contributed by atoms with Crippen LogP contribution >= 0.6 is 0 Å². The highest BCUT2D eigenvalue weighted by Crippen LogP contribution is 2.40. The minimum absolute atomic E-state index is 0.00513. The quantitative estimate of drug-likeness (QED) is 0.296. The molecule has 0 spiro atoms. The smallest absolute Gasteiger partial charge is 0.307 e. The van der Waals surface area contributed by atoms with Crippen LogP contribution in [0.2, 0.25) is 0 Å². The zero-order valence-electron chi connectivity index (χ0n) is 23.7. The number of phenols is 1. The second-order valence-electron chi connectivity index (χ2n) is 11.3. The minimum atomic E-state index is -0.319. The van der Waals surface area contributed by atoms with Gasteiger partial charge in [-0.1, -0.05) is 86.6 Å². The van der Waals surface area contributed by atoms with Crippen LogP contribution in [-0.4, -0.2) is 48.1 Å². The van der Waals surface area contributed by atoms with E-state index in [2.05, 4.69) is 42.3 Å². The number of nitrogens with zero attached hydrogens (tertiary/aromatic N) is 1. The number of amides is 1. The molecule has 2 N–H and O–H groups in total. The van der Waals surface area contributed by atoms with Gasteiger partial charge in [-0.05, 0) is 72.5 Å².